The second-order valence-corrected chi connectivity index (χ2v) is 6.37. The number of Topliss-reactive ketones (excluding diaryl/α,β-unsaturated/α-hetero) is 1. The lowest BCUT2D eigenvalue weighted by Crippen LogP contribution is -3.04. The van der Waals surface area contributed by atoms with Gasteiger partial charge >= 0.3 is 0 Å². The SMILES string of the molecule is COc1ccc(/C=C2\Oc3c(ccc(O)c3C[NH+](C)C)C2=O)c(OC)c1. The van der Waals surface area contributed by atoms with Crippen molar-refractivity contribution in [3.05, 3.63) is 52.8 Å². The van der Waals surface area contributed by atoms with Gasteiger partial charge in [-0.25, -0.2) is 0 Å². The molecule has 0 radical (unpaired) electrons. The number of ketones is 1. The van der Waals surface area contributed by atoms with Crippen LogP contribution in [0.5, 0.6) is 23.0 Å². The van der Waals surface area contributed by atoms with Crippen LogP contribution in [-0.4, -0.2) is 39.2 Å². The topological polar surface area (TPSA) is 69.4 Å². The molecule has 1 aliphatic heterocycles. The maximum atomic E-state index is 12.7. The maximum Gasteiger partial charge on any atom is 0.231 e. The number of aromatic hydroxyl groups is 1. The van der Waals surface area contributed by atoms with Crippen molar-refractivity contribution in [2.75, 3.05) is 28.3 Å². The number of phenolic OH excluding ortho intramolecular Hbond substituents is 1. The molecule has 3 rings (SSSR count). The zero-order valence-corrected chi connectivity index (χ0v) is 15.3. The molecule has 26 heavy (non-hydrogen) atoms. The standard InChI is InChI=1S/C20H21NO5/c1-21(2)11-15-16(22)8-7-14-19(23)18(26-20(14)15)9-12-5-6-13(24-3)10-17(12)25-4/h5-10,22H,11H2,1-4H3/p+1/b18-9-. The Bertz CT molecular complexity index is 886. The lowest BCUT2D eigenvalue weighted by atomic mass is 10.0. The van der Waals surface area contributed by atoms with E-state index in [9.17, 15) is 9.90 Å². The predicted octanol–water partition coefficient (Wildman–Crippen LogP) is 1.67. The first-order valence-corrected chi connectivity index (χ1v) is 8.24. The van der Waals surface area contributed by atoms with Gasteiger partial charge in [0, 0.05) is 11.6 Å². The van der Waals surface area contributed by atoms with Gasteiger partial charge in [0.1, 0.15) is 23.8 Å². The highest BCUT2D eigenvalue weighted by Gasteiger charge is 2.32. The summed E-state index contributed by atoms with van der Waals surface area (Å²) in [5.74, 6) is 1.77. The van der Waals surface area contributed by atoms with Gasteiger partial charge in [0.2, 0.25) is 5.78 Å². The average molecular weight is 356 g/mol. The third-order valence-electron chi connectivity index (χ3n) is 4.17. The minimum absolute atomic E-state index is 0.126. The molecule has 0 spiro atoms. The van der Waals surface area contributed by atoms with Gasteiger partial charge in [-0.05, 0) is 30.3 Å². The predicted molar refractivity (Wildman–Crippen MR) is 97.1 cm³/mol. The summed E-state index contributed by atoms with van der Waals surface area (Å²) in [4.78, 5) is 13.8. The third-order valence-corrected chi connectivity index (χ3v) is 4.17. The highest BCUT2D eigenvalue weighted by Crippen LogP contribution is 2.39. The highest BCUT2D eigenvalue weighted by molar-refractivity contribution is 6.15. The Morgan fingerprint density at radius 3 is 2.58 bits per heavy atom. The average Bonchev–Trinajstić information content (AvgIpc) is 2.93. The maximum absolute atomic E-state index is 12.7. The smallest absolute Gasteiger partial charge is 0.231 e. The number of hydrogen-bond acceptors (Lipinski definition) is 5. The molecule has 6 nitrogen and oxygen atoms in total. The third kappa shape index (κ3) is 3.23. The molecule has 136 valence electrons. The molecule has 2 N–H and O–H groups in total. The van der Waals surface area contributed by atoms with Crippen LogP contribution in [0.2, 0.25) is 0 Å². The fourth-order valence-corrected chi connectivity index (χ4v) is 2.90. The first-order chi connectivity index (χ1) is 12.4. The quantitative estimate of drug-likeness (QED) is 0.798. The Labute approximate surface area is 152 Å². The zero-order chi connectivity index (χ0) is 18.8. The lowest BCUT2D eigenvalue weighted by molar-refractivity contribution is -0.872. The van der Waals surface area contributed by atoms with E-state index in [0.717, 1.165) is 4.90 Å². The van der Waals surface area contributed by atoms with Gasteiger partial charge in [-0.3, -0.25) is 4.79 Å². The molecule has 0 atom stereocenters. The number of nitrogens with one attached hydrogen (secondary N) is 1. The fraction of sp³-hybridized carbons (Fsp3) is 0.250. The normalized spacial score (nSPS) is 14.5. The molecule has 1 aliphatic rings. The Kier molecular flexibility index (Phi) is 4.86. The van der Waals surface area contributed by atoms with Crippen molar-refractivity contribution in [2.24, 2.45) is 0 Å². The van der Waals surface area contributed by atoms with E-state index in [1.165, 1.54) is 6.07 Å². The van der Waals surface area contributed by atoms with Crippen LogP contribution >= 0.6 is 0 Å². The number of phenols is 1. The summed E-state index contributed by atoms with van der Waals surface area (Å²) in [5, 5.41) is 10.2. The summed E-state index contributed by atoms with van der Waals surface area (Å²) >= 11 is 0. The molecule has 0 amide bonds. The Morgan fingerprint density at radius 2 is 1.92 bits per heavy atom. The summed E-state index contributed by atoms with van der Waals surface area (Å²) in [6.45, 7) is 0.543. The highest BCUT2D eigenvalue weighted by atomic mass is 16.5. The van der Waals surface area contributed by atoms with Crippen LogP contribution in [0.15, 0.2) is 36.1 Å². The monoisotopic (exact) mass is 356 g/mol. The molecule has 2 aromatic carbocycles. The zero-order valence-electron chi connectivity index (χ0n) is 15.3. The number of benzene rings is 2. The van der Waals surface area contributed by atoms with Crippen molar-refractivity contribution in [2.45, 2.75) is 6.54 Å². The summed E-state index contributed by atoms with van der Waals surface area (Å²) in [5.41, 5.74) is 1.78. The molecule has 0 fully saturated rings. The Morgan fingerprint density at radius 1 is 1.15 bits per heavy atom. The van der Waals surface area contributed by atoms with Crippen molar-refractivity contribution in [3.63, 3.8) is 0 Å². The van der Waals surface area contributed by atoms with E-state index in [4.69, 9.17) is 14.2 Å². The minimum Gasteiger partial charge on any atom is -0.507 e. The van der Waals surface area contributed by atoms with E-state index in [0.29, 0.717) is 40.5 Å². The van der Waals surface area contributed by atoms with Gasteiger partial charge in [-0.1, -0.05) is 0 Å². The van der Waals surface area contributed by atoms with Crippen molar-refractivity contribution in [1.82, 2.24) is 0 Å². The number of rotatable bonds is 5. The van der Waals surface area contributed by atoms with Gasteiger partial charge in [-0.2, -0.15) is 0 Å². The van der Waals surface area contributed by atoms with Crippen LogP contribution in [0.25, 0.3) is 6.08 Å². The molecule has 0 saturated heterocycles. The number of fused-ring (bicyclic) bond motifs is 1. The van der Waals surface area contributed by atoms with Crippen LogP contribution < -0.4 is 19.1 Å². The lowest BCUT2D eigenvalue weighted by Gasteiger charge is -2.12. The van der Waals surface area contributed by atoms with Crippen LogP contribution in [0, 0.1) is 0 Å². The van der Waals surface area contributed by atoms with Crippen molar-refractivity contribution >= 4 is 11.9 Å². The molecule has 0 unspecified atom stereocenters. The number of ether oxygens (including phenoxy) is 3. The van der Waals surface area contributed by atoms with Crippen molar-refractivity contribution in [3.8, 4) is 23.0 Å². The second kappa shape index (κ2) is 7.09. The van der Waals surface area contributed by atoms with Gasteiger partial charge in [-0.15, -0.1) is 0 Å². The first-order valence-electron chi connectivity index (χ1n) is 8.24. The Hall–Kier alpha value is -2.99. The first kappa shape index (κ1) is 17.8. The largest absolute Gasteiger partial charge is 0.507 e. The number of quaternary nitrogens is 1. The number of carbonyl (C=O) groups excluding carboxylic acids is 1. The van der Waals surface area contributed by atoms with Crippen molar-refractivity contribution in [1.29, 1.82) is 0 Å². The number of allylic oxidation sites excluding steroid dienone is 1. The molecule has 6 heteroatoms. The summed E-state index contributed by atoms with van der Waals surface area (Å²) in [7, 11) is 7.07. The van der Waals surface area contributed by atoms with Crippen molar-refractivity contribution < 1.29 is 29.0 Å². The number of hydrogen-bond donors (Lipinski definition) is 2. The van der Waals surface area contributed by atoms with Gasteiger partial charge < -0.3 is 24.2 Å². The van der Waals surface area contributed by atoms with E-state index in [2.05, 4.69) is 0 Å². The van der Waals surface area contributed by atoms with E-state index in [-0.39, 0.29) is 17.3 Å². The summed E-state index contributed by atoms with van der Waals surface area (Å²) < 4.78 is 16.4. The molecule has 0 aromatic heterocycles. The fourth-order valence-electron chi connectivity index (χ4n) is 2.90. The second-order valence-electron chi connectivity index (χ2n) is 6.37. The van der Waals surface area contributed by atoms with Crippen LogP contribution in [0.3, 0.4) is 0 Å². The van der Waals surface area contributed by atoms with E-state index in [1.807, 2.05) is 14.1 Å². The van der Waals surface area contributed by atoms with Crippen LogP contribution in [-0.2, 0) is 6.54 Å². The van der Waals surface area contributed by atoms with Crippen LogP contribution in [0.4, 0.5) is 0 Å². The molecule has 2 aromatic rings. The van der Waals surface area contributed by atoms with Gasteiger partial charge in [0.25, 0.3) is 0 Å². The summed E-state index contributed by atoms with van der Waals surface area (Å²) in [6.07, 6.45) is 1.64. The Balaban J connectivity index is 2.02. The molecule has 1 heterocycles. The van der Waals surface area contributed by atoms with E-state index < -0.39 is 0 Å². The van der Waals surface area contributed by atoms with E-state index >= 15 is 0 Å². The van der Waals surface area contributed by atoms with Crippen LogP contribution in [0.1, 0.15) is 21.5 Å². The molecule has 0 aliphatic carbocycles. The molecular weight excluding hydrogens is 334 g/mol. The van der Waals surface area contributed by atoms with Gasteiger partial charge in [0.05, 0.1) is 39.4 Å². The van der Waals surface area contributed by atoms with E-state index in [1.54, 1.807) is 44.6 Å². The molecular formula is C20H22NO5+. The van der Waals surface area contributed by atoms with Gasteiger partial charge in [0.15, 0.2) is 11.5 Å². The number of carbonyl (C=O) groups is 1. The summed E-state index contributed by atoms with van der Waals surface area (Å²) in [6, 6.07) is 8.45. The molecule has 0 bridgehead atoms. The number of methoxy groups -OCH3 is 2. The minimum atomic E-state index is -0.215. The molecule has 0 saturated carbocycles.